The van der Waals surface area contributed by atoms with Gasteiger partial charge in [-0.2, -0.15) is 17.7 Å². The van der Waals surface area contributed by atoms with Gasteiger partial charge in [-0.3, -0.25) is 14.0 Å². The fraction of sp³-hybridized carbons (Fsp3) is 0.615. The van der Waals surface area contributed by atoms with Crippen molar-refractivity contribution < 1.29 is 0 Å². The third-order valence-corrected chi connectivity index (χ3v) is 4.02. The molecule has 0 aliphatic rings. The summed E-state index contributed by atoms with van der Waals surface area (Å²) >= 11 is 4.40. The van der Waals surface area contributed by atoms with Crippen LogP contribution in [0.1, 0.15) is 20.8 Å². The molecule has 2 rings (SSSR count). The number of aryl methyl sites for hydroxylation is 1. The molecule has 0 aliphatic carbocycles. The fourth-order valence-corrected chi connectivity index (χ4v) is 2.70. The Hall–Kier alpha value is -1.30. The molecule has 1 unspecified atom stereocenters. The molecule has 0 fully saturated rings. The minimum Gasteiger partial charge on any atom is -0.298 e. The van der Waals surface area contributed by atoms with Gasteiger partial charge in [0.25, 0.3) is 5.56 Å². The molecule has 2 aromatic heterocycles. The van der Waals surface area contributed by atoms with Gasteiger partial charge < -0.3 is 0 Å². The molecule has 2 aromatic rings. The minimum absolute atomic E-state index is 0.0332. The molecule has 0 bridgehead atoms. The first-order valence-corrected chi connectivity index (χ1v) is 6.96. The summed E-state index contributed by atoms with van der Waals surface area (Å²) in [5.41, 5.74) is 0.694. The molecule has 1 atom stereocenters. The lowest BCUT2D eigenvalue weighted by atomic mass is 9.82. The van der Waals surface area contributed by atoms with E-state index in [2.05, 4.69) is 43.5 Å². The molecule has 0 aliphatic heterocycles. The molecule has 0 N–H and O–H groups in total. The first-order chi connectivity index (χ1) is 8.84. The van der Waals surface area contributed by atoms with Gasteiger partial charge in [-0.05, 0) is 17.1 Å². The summed E-state index contributed by atoms with van der Waals surface area (Å²) < 4.78 is 3.27. The fourth-order valence-electron chi connectivity index (χ4n) is 2.04. The molecule has 19 heavy (non-hydrogen) atoms. The van der Waals surface area contributed by atoms with Crippen LogP contribution in [0.2, 0.25) is 0 Å². The molecule has 104 valence electrons. The Bertz CT molecular complexity index is 638. The summed E-state index contributed by atoms with van der Waals surface area (Å²) in [6.45, 7) is 7.11. The Morgan fingerprint density at radius 3 is 2.68 bits per heavy atom. The first-order valence-electron chi connectivity index (χ1n) is 6.32. The first kappa shape index (κ1) is 14.1. The Balaban J connectivity index is 2.41. The Morgan fingerprint density at radius 2 is 2.11 bits per heavy atom. The zero-order valence-corrected chi connectivity index (χ0v) is 12.7. The molecule has 2 heterocycles. The Morgan fingerprint density at radius 1 is 1.42 bits per heavy atom. The van der Waals surface area contributed by atoms with Crippen LogP contribution in [-0.2, 0) is 13.6 Å². The third kappa shape index (κ3) is 2.68. The molecule has 0 radical (unpaired) electrons. The van der Waals surface area contributed by atoms with E-state index in [9.17, 15) is 4.79 Å². The van der Waals surface area contributed by atoms with Gasteiger partial charge in [0.05, 0.1) is 12.5 Å². The number of rotatable bonds is 3. The maximum absolute atomic E-state index is 12.4. The maximum Gasteiger partial charge on any atom is 0.264 e. The van der Waals surface area contributed by atoms with Gasteiger partial charge in [-0.1, -0.05) is 20.8 Å². The zero-order chi connectivity index (χ0) is 14.2. The van der Waals surface area contributed by atoms with Crippen LogP contribution < -0.4 is 5.56 Å². The van der Waals surface area contributed by atoms with Gasteiger partial charge in [0.2, 0.25) is 0 Å². The summed E-state index contributed by atoms with van der Waals surface area (Å²) in [7, 11) is 1.78. The second-order valence-corrected chi connectivity index (χ2v) is 6.32. The van der Waals surface area contributed by atoms with E-state index in [1.54, 1.807) is 28.8 Å². The van der Waals surface area contributed by atoms with Gasteiger partial charge in [-0.25, -0.2) is 4.98 Å². The Labute approximate surface area is 118 Å². The number of thiol groups is 1. The van der Waals surface area contributed by atoms with Crippen LogP contribution in [-0.4, -0.2) is 25.1 Å². The van der Waals surface area contributed by atoms with Crippen LogP contribution in [0.3, 0.4) is 0 Å². The average molecular weight is 280 g/mol. The molecule has 0 spiro atoms. The van der Waals surface area contributed by atoms with Crippen LogP contribution in [0.25, 0.3) is 11.0 Å². The van der Waals surface area contributed by atoms with Crippen molar-refractivity contribution in [3.8, 4) is 0 Å². The summed E-state index contributed by atoms with van der Waals surface area (Å²) in [5.74, 6) is 1.05. The van der Waals surface area contributed by atoms with E-state index >= 15 is 0 Å². The molecule has 0 amide bonds. The second-order valence-electron chi connectivity index (χ2n) is 5.95. The molecular weight excluding hydrogens is 260 g/mol. The van der Waals surface area contributed by atoms with Crippen LogP contribution in [0.4, 0.5) is 0 Å². The van der Waals surface area contributed by atoms with Crippen molar-refractivity contribution in [2.75, 3.05) is 5.75 Å². The SMILES string of the molecule is Cn1ncc2c(=O)n(CC(CS)C(C)(C)C)cnc21. The highest BCUT2D eigenvalue weighted by atomic mass is 32.1. The average Bonchev–Trinajstić information content (AvgIpc) is 2.69. The van der Waals surface area contributed by atoms with Gasteiger partial charge in [0.1, 0.15) is 5.39 Å². The number of nitrogens with zero attached hydrogens (tertiary/aromatic N) is 4. The number of aromatic nitrogens is 4. The highest BCUT2D eigenvalue weighted by molar-refractivity contribution is 7.80. The highest BCUT2D eigenvalue weighted by Gasteiger charge is 2.24. The molecular formula is C13H20N4OS. The van der Waals surface area contributed by atoms with E-state index in [4.69, 9.17) is 0 Å². The van der Waals surface area contributed by atoms with Crippen molar-refractivity contribution in [3.05, 3.63) is 22.9 Å². The molecule has 6 heteroatoms. The largest absolute Gasteiger partial charge is 0.298 e. The molecule has 0 aromatic carbocycles. The lowest BCUT2D eigenvalue weighted by Crippen LogP contribution is -2.31. The summed E-state index contributed by atoms with van der Waals surface area (Å²) in [6, 6.07) is 0. The van der Waals surface area contributed by atoms with Crippen molar-refractivity contribution in [1.29, 1.82) is 0 Å². The summed E-state index contributed by atoms with van der Waals surface area (Å²) in [4.78, 5) is 16.7. The van der Waals surface area contributed by atoms with Crippen molar-refractivity contribution in [1.82, 2.24) is 19.3 Å². The van der Waals surface area contributed by atoms with E-state index in [1.165, 1.54) is 0 Å². The number of hydrogen-bond donors (Lipinski definition) is 1. The third-order valence-electron chi connectivity index (χ3n) is 3.58. The normalized spacial score (nSPS) is 13.9. The van der Waals surface area contributed by atoms with E-state index in [-0.39, 0.29) is 11.0 Å². The van der Waals surface area contributed by atoms with E-state index in [1.807, 2.05) is 0 Å². The van der Waals surface area contributed by atoms with Crippen molar-refractivity contribution in [2.24, 2.45) is 18.4 Å². The van der Waals surface area contributed by atoms with Crippen molar-refractivity contribution >= 4 is 23.7 Å². The van der Waals surface area contributed by atoms with Gasteiger partial charge in [0, 0.05) is 13.6 Å². The predicted octanol–water partition coefficient (Wildman–Crippen LogP) is 1.72. The molecule has 0 saturated heterocycles. The zero-order valence-electron chi connectivity index (χ0n) is 11.8. The monoisotopic (exact) mass is 280 g/mol. The van der Waals surface area contributed by atoms with E-state index in [0.717, 1.165) is 5.75 Å². The molecule has 0 saturated carbocycles. The molecule has 5 nitrogen and oxygen atoms in total. The second kappa shape index (κ2) is 5.00. The standard InChI is InChI=1S/C13H20N4OS/c1-13(2,3)9(7-19)6-17-8-14-11-10(12(17)18)5-15-16(11)4/h5,8-9,19H,6-7H2,1-4H3. The summed E-state index contributed by atoms with van der Waals surface area (Å²) in [6.07, 6.45) is 3.18. The maximum atomic E-state index is 12.4. The van der Waals surface area contributed by atoms with Crippen LogP contribution in [0.15, 0.2) is 17.3 Å². The predicted molar refractivity (Wildman–Crippen MR) is 79.6 cm³/mol. The lowest BCUT2D eigenvalue weighted by molar-refractivity contribution is 0.236. The van der Waals surface area contributed by atoms with Crippen molar-refractivity contribution in [3.63, 3.8) is 0 Å². The van der Waals surface area contributed by atoms with Crippen LogP contribution in [0, 0.1) is 11.3 Å². The topological polar surface area (TPSA) is 52.7 Å². The number of fused-ring (bicyclic) bond motifs is 1. The number of hydrogen-bond acceptors (Lipinski definition) is 4. The highest BCUT2D eigenvalue weighted by Crippen LogP contribution is 2.27. The van der Waals surface area contributed by atoms with Gasteiger partial charge in [-0.15, -0.1) is 0 Å². The van der Waals surface area contributed by atoms with Crippen molar-refractivity contribution in [2.45, 2.75) is 27.3 Å². The Kier molecular flexibility index (Phi) is 3.71. The van der Waals surface area contributed by atoms with Gasteiger partial charge >= 0.3 is 0 Å². The quantitative estimate of drug-likeness (QED) is 0.871. The smallest absolute Gasteiger partial charge is 0.264 e. The lowest BCUT2D eigenvalue weighted by Gasteiger charge is -2.29. The van der Waals surface area contributed by atoms with Crippen LogP contribution in [0.5, 0.6) is 0 Å². The van der Waals surface area contributed by atoms with Crippen LogP contribution >= 0.6 is 12.6 Å². The minimum atomic E-state index is -0.0332. The van der Waals surface area contributed by atoms with E-state index < -0.39 is 0 Å². The summed E-state index contributed by atoms with van der Waals surface area (Å²) in [5, 5.41) is 4.64. The van der Waals surface area contributed by atoms with Gasteiger partial charge in [0.15, 0.2) is 5.65 Å². The van der Waals surface area contributed by atoms with E-state index in [0.29, 0.717) is 23.5 Å².